The van der Waals surface area contributed by atoms with Crippen LogP contribution < -0.4 is 26.6 Å². The standard InChI is InChI=1S/C32H50N6O/c1-25-32(20-12-7-5-4-6-8-13-21-32)29(33-22-15-23-38(2)3)36-30(34-25)37-31(39)35-28-19-14-18-27(24-28)26-16-10-9-11-17-26/h9-11,14,16-19,24-25,29-30,33-34,36H,4-8,12-13,15,20-23H2,1-3H3,(H2,35,37,39). The largest absolute Gasteiger partial charge is 0.321 e. The normalized spacial score (nSPS) is 23.8. The summed E-state index contributed by atoms with van der Waals surface area (Å²) in [5.41, 5.74) is 3.11. The maximum absolute atomic E-state index is 13.1. The lowest BCUT2D eigenvalue weighted by Gasteiger charge is -2.53. The van der Waals surface area contributed by atoms with Crippen LogP contribution in [0.4, 0.5) is 10.5 Å². The second-order valence-corrected chi connectivity index (χ2v) is 11.8. The molecule has 2 aliphatic rings. The maximum atomic E-state index is 13.1. The van der Waals surface area contributed by atoms with E-state index in [1.54, 1.807) is 0 Å². The van der Waals surface area contributed by atoms with Gasteiger partial charge >= 0.3 is 6.03 Å². The number of carbonyl (C=O) groups is 1. The smallest absolute Gasteiger partial charge is 0.310 e. The second-order valence-electron chi connectivity index (χ2n) is 11.8. The number of hydrogen-bond donors (Lipinski definition) is 5. The van der Waals surface area contributed by atoms with E-state index in [1.165, 1.54) is 57.8 Å². The summed E-state index contributed by atoms with van der Waals surface area (Å²) in [6.07, 6.45) is 12.5. The fraction of sp³-hybridized carbons (Fsp3) is 0.594. The van der Waals surface area contributed by atoms with Crippen LogP contribution in [0.1, 0.15) is 71.1 Å². The third kappa shape index (κ3) is 8.52. The predicted octanol–water partition coefficient (Wildman–Crippen LogP) is 5.72. The molecule has 39 heavy (non-hydrogen) atoms. The molecule has 3 unspecified atom stereocenters. The highest BCUT2D eigenvalue weighted by atomic mass is 16.2. The van der Waals surface area contributed by atoms with Gasteiger partial charge in [0.1, 0.15) is 6.29 Å². The molecule has 0 aromatic heterocycles. The van der Waals surface area contributed by atoms with Crippen LogP contribution in [0.2, 0.25) is 0 Å². The Bertz CT molecular complexity index is 1000. The lowest BCUT2D eigenvalue weighted by molar-refractivity contribution is 0.0138. The highest BCUT2D eigenvalue weighted by Gasteiger charge is 2.47. The molecular weight excluding hydrogens is 484 g/mol. The van der Waals surface area contributed by atoms with Crippen LogP contribution in [-0.2, 0) is 0 Å². The number of carbonyl (C=O) groups excluding carboxylic acids is 1. The third-order valence-corrected chi connectivity index (χ3v) is 8.61. The van der Waals surface area contributed by atoms with E-state index in [0.717, 1.165) is 36.3 Å². The Balaban J connectivity index is 1.42. The van der Waals surface area contributed by atoms with Gasteiger partial charge < -0.3 is 20.9 Å². The van der Waals surface area contributed by atoms with Crippen molar-refractivity contribution in [2.24, 2.45) is 5.41 Å². The van der Waals surface area contributed by atoms with Gasteiger partial charge in [0.25, 0.3) is 0 Å². The number of benzene rings is 2. The molecule has 1 aliphatic carbocycles. The lowest BCUT2D eigenvalue weighted by Crippen LogP contribution is -2.75. The molecule has 2 aromatic rings. The van der Waals surface area contributed by atoms with E-state index in [0.29, 0.717) is 0 Å². The molecule has 0 bridgehead atoms. The van der Waals surface area contributed by atoms with E-state index in [1.807, 2.05) is 36.4 Å². The summed E-state index contributed by atoms with van der Waals surface area (Å²) >= 11 is 0. The van der Waals surface area contributed by atoms with Crippen LogP contribution >= 0.6 is 0 Å². The molecule has 7 nitrogen and oxygen atoms in total. The van der Waals surface area contributed by atoms with E-state index < -0.39 is 0 Å². The lowest BCUT2D eigenvalue weighted by atomic mass is 9.68. The number of hydrogen-bond acceptors (Lipinski definition) is 5. The average molecular weight is 535 g/mol. The molecule has 0 radical (unpaired) electrons. The summed E-state index contributed by atoms with van der Waals surface area (Å²) < 4.78 is 0. The molecule has 2 aromatic carbocycles. The molecule has 2 amide bonds. The van der Waals surface area contributed by atoms with E-state index in [-0.39, 0.29) is 29.9 Å². The predicted molar refractivity (Wildman–Crippen MR) is 163 cm³/mol. The van der Waals surface area contributed by atoms with Gasteiger partial charge in [-0.25, -0.2) is 4.79 Å². The van der Waals surface area contributed by atoms with E-state index in [2.05, 4.69) is 70.7 Å². The van der Waals surface area contributed by atoms with Crippen LogP contribution in [0.15, 0.2) is 54.6 Å². The fourth-order valence-electron chi connectivity index (χ4n) is 6.38. The summed E-state index contributed by atoms with van der Waals surface area (Å²) in [5, 5.41) is 17.6. The van der Waals surface area contributed by atoms with Crippen LogP contribution in [0, 0.1) is 5.41 Å². The highest BCUT2D eigenvalue weighted by Crippen LogP contribution is 2.41. The van der Waals surface area contributed by atoms with E-state index in [4.69, 9.17) is 0 Å². The topological polar surface area (TPSA) is 80.5 Å². The summed E-state index contributed by atoms with van der Waals surface area (Å²) in [4.78, 5) is 15.3. The van der Waals surface area contributed by atoms with Crippen molar-refractivity contribution >= 4 is 11.7 Å². The molecule has 5 N–H and O–H groups in total. The number of nitrogens with one attached hydrogen (secondary N) is 5. The number of amides is 2. The molecule has 1 saturated carbocycles. The van der Waals surface area contributed by atoms with Gasteiger partial charge in [0.2, 0.25) is 0 Å². The third-order valence-electron chi connectivity index (χ3n) is 8.61. The van der Waals surface area contributed by atoms with Gasteiger partial charge in [-0.1, -0.05) is 87.4 Å². The van der Waals surface area contributed by atoms with Gasteiger partial charge in [-0.15, -0.1) is 0 Å². The minimum Gasteiger partial charge on any atom is -0.310 e. The van der Waals surface area contributed by atoms with E-state index in [9.17, 15) is 4.79 Å². The molecule has 2 fully saturated rings. The van der Waals surface area contributed by atoms with Crippen molar-refractivity contribution in [1.29, 1.82) is 0 Å². The number of urea groups is 1. The van der Waals surface area contributed by atoms with Gasteiger partial charge in [0.05, 0.1) is 6.17 Å². The van der Waals surface area contributed by atoms with Crippen molar-refractivity contribution in [2.75, 3.05) is 32.5 Å². The van der Waals surface area contributed by atoms with Crippen LogP contribution in [-0.4, -0.2) is 56.6 Å². The molecular formula is C32H50N6O. The Kier molecular flexibility index (Phi) is 11.2. The van der Waals surface area contributed by atoms with Gasteiger partial charge in [-0.05, 0) is 76.6 Å². The van der Waals surface area contributed by atoms with Gasteiger partial charge in [0.15, 0.2) is 0 Å². The van der Waals surface area contributed by atoms with Crippen molar-refractivity contribution in [3.05, 3.63) is 54.6 Å². The molecule has 1 spiro atoms. The highest BCUT2D eigenvalue weighted by molar-refractivity contribution is 5.90. The fourth-order valence-corrected chi connectivity index (χ4v) is 6.38. The van der Waals surface area contributed by atoms with Crippen LogP contribution in [0.25, 0.3) is 11.1 Å². The average Bonchev–Trinajstić information content (AvgIpc) is 2.93. The van der Waals surface area contributed by atoms with Gasteiger partial charge in [0, 0.05) is 17.1 Å². The molecule has 1 saturated heterocycles. The monoisotopic (exact) mass is 534 g/mol. The number of nitrogens with zero attached hydrogens (tertiary/aromatic N) is 1. The van der Waals surface area contributed by atoms with Crippen LogP contribution in [0.3, 0.4) is 0 Å². The van der Waals surface area contributed by atoms with Gasteiger partial charge in [-0.2, -0.15) is 0 Å². The Morgan fingerprint density at radius 2 is 1.56 bits per heavy atom. The number of rotatable bonds is 8. The zero-order valence-corrected chi connectivity index (χ0v) is 24.3. The summed E-state index contributed by atoms with van der Waals surface area (Å²) in [7, 11) is 4.25. The molecule has 214 valence electrons. The van der Waals surface area contributed by atoms with Crippen molar-refractivity contribution in [3.8, 4) is 11.1 Å². The zero-order valence-electron chi connectivity index (χ0n) is 24.3. The zero-order chi connectivity index (χ0) is 27.5. The van der Waals surface area contributed by atoms with Crippen molar-refractivity contribution in [1.82, 2.24) is 26.2 Å². The minimum atomic E-state index is -0.315. The van der Waals surface area contributed by atoms with Crippen LogP contribution in [0.5, 0.6) is 0 Å². The SMILES string of the molecule is CC1NC(NC(=O)Nc2cccc(-c3ccccc3)c2)NC(NCCCN(C)C)C12CCCCCCCCC2. The van der Waals surface area contributed by atoms with E-state index >= 15 is 0 Å². The minimum absolute atomic E-state index is 0.119. The molecule has 4 rings (SSSR count). The Morgan fingerprint density at radius 3 is 2.26 bits per heavy atom. The maximum Gasteiger partial charge on any atom is 0.321 e. The quantitative estimate of drug-likeness (QED) is 0.280. The molecule has 1 heterocycles. The number of anilines is 1. The molecule has 3 atom stereocenters. The molecule has 1 aliphatic heterocycles. The first-order valence-corrected chi connectivity index (χ1v) is 15.1. The molecule has 7 heteroatoms. The summed E-state index contributed by atoms with van der Waals surface area (Å²) in [6.45, 7) is 4.33. The summed E-state index contributed by atoms with van der Waals surface area (Å²) in [5.74, 6) is 0. The van der Waals surface area contributed by atoms with Crippen molar-refractivity contribution < 1.29 is 4.79 Å². The Morgan fingerprint density at radius 1 is 0.897 bits per heavy atom. The Labute approximate surface area is 235 Å². The first-order valence-electron chi connectivity index (χ1n) is 15.1. The van der Waals surface area contributed by atoms with Crippen molar-refractivity contribution in [2.45, 2.75) is 89.6 Å². The summed E-state index contributed by atoms with van der Waals surface area (Å²) in [6, 6.07) is 18.3. The van der Waals surface area contributed by atoms with Gasteiger partial charge in [-0.3, -0.25) is 10.6 Å². The Hall–Kier alpha value is -2.45. The second kappa shape index (κ2) is 14.8. The first kappa shape index (κ1) is 29.5. The van der Waals surface area contributed by atoms with Crippen molar-refractivity contribution in [3.63, 3.8) is 0 Å². The first-order chi connectivity index (χ1) is 19.0.